The normalized spacial score (nSPS) is 11.0. The SMILES string of the molecule is CCOC(=O)c1csc2nc(-c3ccc(C)cc3)c(N)n12. The summed E-state index contributed by atoms with van der Waals surface area (Å²) in [6.07, 6.45) is 0. The molecule has 1 aromatic carbocycles. The minimum atomic E-state index is -0.386. The van der Waals surface area contributed by atoms with Gasteiger partial charge >= 0.3 is 5.97 Å². The number of ether oxygens (including phenoxy) is 1. The fourth-order valence-electron chi connectivity index (χ4n) is 2.15. The van der Waals surface area contributed by atoms with E-state index in [4.69, 9.17) is 10.5 Å². The lowest BCUT2D eigenvalue weighted by Crippen LogP contribution is -2.09. The maximum absolute atomic E-state index is 11.9. The van der Waals surface area contributed by atoms with Crippen molar-refractivity contribution in [3.05, 3.63) is 40.9 Å². The van der Waals surface area contributed by atoms with Crippen molar-refractivity contribution in [3.63, 3.8) is 0 Å². The molecule has 3 rings (SSSR count). The Labute approximate surface area is 126 Å². The fourth-order valence-corrected chi connectivity index (χ4v) is 3.02. The minimum absolute atomic E-state index is 0.329. The number of hydrogen-bond acceptors (Lipinski definition) is 5. The summed E-state index contributed by atoms with van der Waals surface area (Å²) in [4.78, 5) is 17.2. The van der Waals surface area contributed by atoms with Crippen molar-refractivity contribution in [1.82, 2.24) is 9.38 Å². The monoisotopic (exact) mass is 301 g/mol. The van der Waals surface area contributed by atoms with Crippen LogP contribution in [-0.2, 0) is 4.74 Å². The van der Waals surface area contributed by atoms with E-state index in [-0.39, 0.29) is 5.97 Å². The molecule has 108 valence electrons. The van der Waals surface area contributed by atoms with E-state index >= 15 is 0 Å². The number of benzene rings is 1. The number of nitrogen functional groups attached to an aromatic ring is 1. The Balaban J connectivity index is 2.12. The van der Waals surface area contributed by atoms with Crippen LogP contribution in [0.4, 0.5) is 5.82 Å². The van der Waals surface area contributed by atoms with E-state index in [1.807, 2.05) is 31.2 Å². The van der Waals surface area contributed by atoms with E-state index in [0.717, 1.165) is 5.56 Å². The molecule has 0 unspecified atom stereocenters. The summed E-state index contributed by atoms with van der Waals surface area (Å²) in [5.74, 6) is 0.0708. The highest BCUT2D eigenvalue weighted by molar-refractivity contribution is 7.15. The first-order chi connectivity index (χ1) is 10.1. The van der Waals surface area contributed by atoms with Crippen LogP contribution in [0.15, 0.2) is 29.6 Å². The first-order valence-electron chi connectivity index (χ1n) is 6.61. The third-order valence-electron chi connectivity index (χ3n) is 3.21. The van der Waals surface area contributed by atoms with Gasteiger partial charge in [-0.2, -0.15) is 0 Å². The van der Waals surface area contributed by atoms with Gasteiger partial charge in [0.1, 0.15) is 17.2 Å². The Morgan fingerprint density at radius 2 is 2.10 bits per heavy atom. The molecule has 0 atom stereocenters. The third kappa shape index (κ3) is 2.27. The van der Waals surface area contributed by atoms with E-state index < -0.39 is 0 Å². The first-order valence-corrected chi connectivity index (χ1v) is 7.49. The molecular formula is C15H15N3O2S. The smallest absolute Gasteiger partial charge is 0.356 e. The Kier molecular flexibility index (Phi) is 3.39. The van der Waals surface area contributed by atoms with Crippen LogP contribution in [0.25, 0.3) is 16.2 Å². The Bertz CT molecular complexity index is 802. The molecule has 0 saturated heterocycles. The molecule has 0 amide bonds. The zero-order valence-corrected chi connectivity index (χ0v) is 12.6. The highest BCUT2D eigenvalue weighted by Crippen LogP contribution is 2.30. The van der Waals surface area contributed by atoms with Crippen LogP contribution >= 0.6 is 11.3 Å². The molecule has 0 bridgehead atoms. The van der Waals surface area contributed by atoms with Crippen LogP contribution in [0.1, 0.15) is 23.0 Å². The number of hydrogen-bond donors (Lipinski definition) is 1. The standard InChI is InChI=1S/C15H15N3O2S/c1-3-20-14(19)11-8-21-15-17-12(13(16)18(11)15)10-6-4-9(2)5-7-10/h4-8H,3,16H2,1-2H3. The lowest BCUT2D eigenvalue weighted by atomic mass is 10.1. The Morgan fingerprint density at radius 3 is 2.76 bits per heavy atom. The second-order valence-corrected chi connectivity index (χ2v) is 5.51. The number of esters is 1. The van der Waals surface area contributed by atoms with Crippen LogP contribution in [0, 0.1) is 6.92 Å². The molecule has 3 aromatic rings. The first kappa shape index (κ1) is 13.6. The molecule has 0 aliphatic heterocycles. The lowest BCUT2D eigenvalue weighted by molar-refractivity contribution is 0.0519. The van der Waals surface area contributed by atoms with Gasteiger partial charge in [0.25, 0.3) is 0 Å². The van der Waals surface area contributed by atoms with Crippen molar-refractivity contribution >= 4 is 28.1 Å². The number of thiazole rings is 1. The Morgan fingerprint density at radius 1 is 1.38 bits per heavy atom. The van der Waals surface area contributed by atoms with Crippen molar-refractivity contribution in [1.29, 1.82) is 0 Å². The van der Waals surface area contributed by atoms with E-state index in [1.54, 1.807) is 16.7 Å². The second-order valence-electron chi connectivity index (χ2n) is 4.67. The number of carbonyl (C=O) groups is 1. The van der Waals surface area contributed by atoms with Crippen LogP contribution in [0.3, 0.4) is 0 Å². The molecule has 0 aliphatic carbocycles. The average molecular weight is 301 g/mol. The summed E-state index contributed by atoms with van der Waals surface area (Å²) in [6, 6.07) is 7.97. The number of nitrogens with zero attached hydrogens (tertiary/aromatic N) is 2. The summed E-state index contributed by atoms with van der Waals surface area (Å²) in [5, 5.41) is 1.72. The molecule has 21 heavy (non-hydrogen) atoms. The molecule has 0 saturated carbocycles. The number of imidazole rings is 1. The van der Waals surface area contributed by atoms with Gasteiger partial charge in [0.05, 0.1) is 6.61 Å². The van der Waals surface area contributed by atoms with Crippen LogP contribution < -0.4 is 5.73 Å². The predicted molar refractivity (Wildman–Crippen MR) is 83.6 cm³/mol. The van der Waals surface area contributed by atoms with Gasteiger partial charge in [0.2, 0.25) is 0 Å². The number of aromatic nitrogens is 2. The number of fused-ring (bicyclic) bond motifs is 1. The maximum atomic E-state index is 11.9. The van der Waals surface area contributed by atoms with Crippen LogP contribution in [-0.4, -0.2) is 22.0 Å². The van der Waals surface area contributed by atoms with E-state index in [1.165, 1.54) is 16.9 Å². The number of nitrogens with two attached hydrogens (primary N) is 1. The van der Waals surface area contributed by atoms with E-state index in [0.29, 0.717) is 28.8 Å². The van der Waals surface area contributed by atoms with Crippen molar-refractivity contribution in [3.8, 4) is 11.3 Å². The summed E-state index contributed by atoms with van der Waals surface area (Å²) < 4.78 is 6.69. The van der Waals surface area contributed by atoms with Crippen molar-refractivity contribution in [2.45, 2.75) is 13.8 Å². The summed E-state index contributed by atoms with van der Waals surface area (Å²) in [7, 11) is 0. The van der Waals surface area contributed by atoms with Crippen LogP contribution in [0.2, 0.25) is 0 Å². The number of aryl methyl sites for hydroxylation is 1. The van der Waals surface area contributed by atoms with Gasteiger partial charge in [-0.3, -0.25) is 4.40 Å². The topological polar surface area (TPSA) is 69.6 Å². The molecule has 0 radical (unpaired) electrons. The van der Waals surface area contributed by atoms with Gasteiger partial charge in [-0.05, 0) is 13.8 Å². The van der Waals surface area contributed by atoms with Gasteiger partial charge in [0, 0.05) is 10.9 Å². The van der Waals surface area contributed by atoms with Gasteiger partial charge in [-0.25, -0.2) is 9.78 Å². The van der Waals surface area contributed by atoms with Crippen molar-refractivity contribution in [2.24, 2.45) is 0 Å². The predicted octanol–water partition coefficient (Wildman–Crippen LogP) is 3.13. The van der Waals surface area contributed by atoms with Gasteiger partial charge in [-0.15, -0.1) is 11.3 Å². The molecule has 2 aromatic heterocycles. The molecule has 0 fully saturated rings. The van der Waals surface area contributed by atoms with Crippen molar-refractivity contribution in [2.75, 3.05) is 12.3 Å². The third-order valence-corrected chi connectivity index (χ3v) is 4.03. The average Bonchev–Trinajstić information content (AvgIpc) is 3.01. The quantitative estimate of drug-likeness (QED) is 0.755. The molecule has 0 spiro atoms. The fraction of sp³-hybridized carbons (Fsp3) is 0.200. The maximum Gasteiger partial charge on any atom is 0.356 e. The van der Waals surface area contributed by atoms with Gasteiger partial charge < -0.3 is 10.5 Å². The summed E-state index contributed by atoms with van der Waals surface area (Å²) >= 11 is 1.37. The molecule has 2 heterocycles. The number of carbonyl (C=O) groups excluding carboxylic acids is 1. The summed E-state index contributed by atoms with van der Waals surface area (Å²) in [5.41, 5.74) is 9.40. The van der Waals surface area contributed by atoms with Gasteiger partial charge in [0.15, 0.2) is 4.96 Å². The highest BCUT2D eigenvalue weighted by atomic mass is 32.1. The van der Waals surface area contributed by atoms with E-state index in [9.17, 15) is 4.79 Å². The van der Waals surface area contributed by atoms with Crippen LogP contribution in [0.5, 0.6) is 0 Å². The Hall–Kier alpha value is -2.34. The zero-order chi connectivity index (χ0) is 15.0. The lowest BCUT2D eigenvalue weighted by Gasteiger charge is -2.03. The zero-order valence-electron chi connectivity index (χ0n) is 11.8. The summed E-state index contributed by atoms with van der Waals surface area (Å²) in [6.45, 7) is 4.13. The minimum Gasteiger partial charge on any atom is -0.461 e. The highest BCUT2D eigenvalue weighted by Gasteiger charge is 2.20. The molecule has 6 heteroatoms. The van der Waals surface area contributed by atoms with E-state index in [2.05, 4.69) is 4.98 Å². The second kappa shape index (κ2) is 5.21. The van der Waals surface area contributed by atoms with Gasteiger partial charge in [-0.1, -0.05) is 29.8 Å². The molecule has 5 nitrogen and oxygen atoms in total. The molecule has 0 aliphatic rings. The number of rotatable bonds is 3. The van der Waals surface area contributed by atoms with Crippen molar-refractivity contribution < 1.29 is 9.53 Å². The molecular weight excluding hydrogens is 286 g/mol. The molecule has 2 N–H and O–H groups in total. The largest absolute Gasteiger partial charge is 0.461 e. The number of anilines is 1.